The number of guanidine groups is 1. The topological polar surface area (TPSA) is 173 Å². The van der Waals surface area contributed by atoms with Gasteiger partial charge in [-0.1, -0.05) is 6.42 Å². The number of alkyl halides is 3. The van der Waals surface area contributed by atoms with Gasteiger partial charge in [-0.05, 0) is 31.5 Å². The second-order valence-corrected chi connectivity index (χ2v) is 7.90. The Balaban J connectivity index is 0.000000547. The second-order valence-electron chi connectivity index (χ2n) is 6.63. The second kappa shape index (κ2) is 12.8. The molecule has 15 heteroatoms. The van der Waals surface area contributed by atoms with Crippen molar-refractivity contribution in [3.05, 3.63) is 23.2 Å². The summed E-state index contributed by atoms with van der Waals surface area (Å²) in [6, 6.07) is 0.0166. The van der Waals surface area contributed by atoms with Crippen molar-refractivity contribution >= 4 is 51.7 Å². The fraction of sp³-hybridized carbons (Fsp3) is 0.471. The Morgan fingerprint density at radius 2 is 1.94 bits per heavy atom. The third-order valence-electron chi connectivity index (χ3n) is 4.01. The van der Waals surface area contributed by atoms with E-state index in [9.17, 15) is 22.8 Å². The number of rotatable bonds is 6. The lowest BCUT2D eigenvalue weighted by Crippen LogP contribution is -2.46. The van der Waals surface area contributed by atoms with Gasteiger partial charge in [0.25, 0.3) is 0 Å². The maximum absolute atomic E-state index is 12.2. The van der Waals surface area contributed by atoms with Crippen LogP contribution < -0.4 is 21.7 Å². The Labute approximate surface area is 190 Å². The van der Waals surface area contributed by atoms with Crippen LogP contribution in [-0.4, -0.2) is 57.0 Å². The average molecular weight is 497 g/mol. The Kier molecular flexibility index (Phi) is 10.8. The summed E-state index contributed by atoms with van der Waals surface area (Å²) in [4.78, 5) is 23.5. The molecule has 0 radical (unpaired) electrons. The molecule has 10 nitrogen and oxygen atoms in total. The predicted octanol–water partition coefficient (Wildman–Crippen LogP) is 2.21. The zero-order valence-electron chi connectivity index (χ0n) is 16.6. The van der Waals surface area contributed by atoms with E-state index >= 15 is 0 Å². The van der Waals surface area contributed by atoms with Crippen LogP contribution in [0.5, 0.6) is 0 Å². The number of thiocarbonyl (C=S) groups is 1. The summed E-state index contributed by atoms with van der Waals surface area (Å²) in [5.41, 5.74) is 6.18. The minimum absolute atomic E-state index is 0.0166. The van der Waals surface area contributed by atoms with Gasteiger partial charge in [0.2, 0.25) is 0 Å². The van der Waals surface area contributed by atoms with Gasteiger partial charge in [0, 0.05) is 29.5 Å². The fourth-order valence-corrected chi connectivity index (χ4v) is 3.84. The van der Waals surface area contributed by atoms with E-state index in [2.05, 4.69) is 20.9 Å². The first-order chi connectivity index (χ1) is 14.9. The molecule has 2 rings (SSSR count). The van der Waals surface area contributed by atoms with Crippen molar-refractivity contribution in [2.75, 3.05) is 11.9 Å². The molecule has 2 unspecified atom stereocenters. The van der Waals surface area contributed by atoms with Gasteiger partial charge in [-0.2, -0.15) is 13.2 Å². The van der Waals surface area contributed by atoms with Crippen LogP contribution in [0.1, 0.15) is 37.3 Å². The lowest BCUT2D eigenvalue weighted by atomic mass is 9.84. The molecule has 1 aromatic rings. The molecule has 1 aromatic heterocycles. The van der Waals surface area contributed by atoms with Crippen LogP contribution >= 0.6 is 23.6 Å². The maximum Gasteiger partial charge on any atom is 0.405 e. The largest absolute Gasteiger partial charge is 0.478 e. The van der Waals surface area contributed by atoms with Crippen molar-refractivity contribution < 1.29 is 33.0 Å². The van der Waals surface area contributed by atoms with E-state index in [0.29, 0.717) is 17.3 Å². The Morgan fingerprint density at radius 3 is 2.47 bits per heavy atom. The van der Waals surface area contributed by atoms with Crippen molar-refractivity contribution in [2.24, 2.45) is 5.73 Å². The summed E-state index contributed by atoms with van der Waals surface area (Å²) in [5.74, 6) is -2.47. The van der Waals surface area contributed by atoms with Gasteiger partial charge >= 0.3 is 18.1 Å². The van der Waals surface area contributed by atoms with Crippen LogP contribution in [0.4, 0.5) is 18.3 Å². The van der Waals surface area contributed by atoms with Gasteiger partial charge < -0.3 is 31.9 Å². The first-order valence-corrected chi connectivity index (χ1v) is 10.5. The quantitative estimate of drug-likeness (QED) is 0.134. The molecule has 2 atom stereocenters. The van der Waals surface area contributed by atoms with E-state index in [1.165, 1.54) is 11.3 Å². The summed E-state index contributed by atoms with van der Waals surface area (Å²) in [5, 5.41) is 33.1. The highest BCUT2D eigenvalue weighted by molar-refractivity contribution is 7.80. The predicted molar refractivity (Wildman–Crippen MR) is 117 cm³/mol. The van der Waals surface area contributed by atoms with Gasteiger partial charge in [-0.25, -0.2) is 14.6 Å². The molecular formula is C17H23F3N6O4S2. The molecule has 8 N–H and O–H groups in total. The molecule has 0 aromatic carbocycles. The number of hydrogen-bond acceptors (Lipinski definition) is 6. The average Bonchev–Trinajstić information content (AvgIpc) is 3.13. The molecule has 178 valence electrons. The molecular weight excluding hydrogens is 473 g/mol. The van der Waals surface area contributed by atoms with Crippen LogP contribution in [0, 0.1) is 5.41 Å². The minimum Gasteiger partial charge on any atom is -0.478 e. The number of nitrogens with zero attached hydrogens (tertiary/aromatic N) is 1. The number of nitrogens with one attached hydrogen (secondary N) is 4. The zero-order chi connectivity index (χ0) is 24.3. The van der Waals surface area contributed by atoms with Crippen LogP contribution in [0.2, 0.25) is 0 Å². The number of thiazole rings is 1. The number of carboxylic acid groups (broad SMARTS) is 2. The van der Waals surface area contributed by atoms with E-state index in [4.69, 9.17) is 33.6 Å². The minimum atomic E-state index is -4.29. The van der Waals surface area contributed by atoms with Crippen LogP contribution in [-0.2, 0) is 9.59 Å². The summed E-state index contributed by atoms with van der Waals surface area (Å²) in [6.45, 7) is -1.14. The van der Waals surface area contributed by atoms with Crippen molar-refractivity contribution in [3.8, 4) is 0 Å². The third-order valence-corrected chi connectivity index (χ3v) is 5.05. The summed E-state index contributed by atoms with van der Waals surface area (Å²) >= 11 is 6.30. The smallest absolute Gasteiger partial charge is 0.405 e. The van der Waals surface area contributed by atoms with Crippen molar-refractivity contribution in [2.45, 2.75) is 43.8 Å². The maximum atomic E-state index is 12.2. The number of nitrogens with two attached hydrogens (primary N) is 1. The number of halogens is 3. The number of anilines is 1. The number of hydrogen-bond donors (Lipinski definition) is 7. The SMILES string of the molecule is N=C(N)Nc1nc(C2CCCC(NC(=S)NCC(F)(F)F)C2)cs1.O=C(O)/C=C\C(=O)O. The van der Waals surface area contributed by atoms with Crippen molar-refractivity contribution in [1.82, 2.24) is 15.6 Å². The summed E-state index contributed by atoms with van der Waals surface area (Å²) in [7, 11) is 0. The van der Waals surface area contributed by atoms with E-state index in [-0.39, 0.29) is 23.0 Å². The molecule has 0 spiro atoms. The van der Waals surface area contributed by atoms with E-state index in [1.54, 1.807) is 0 Å². The molecule has 1 saturated carbocycles. The van der Waals surface area contributed by atoms with Crippen LogP contribution in [0.3, 0.4) is 0 Å². The van der Waals surface area contributed by atoms with E-state index in [1.807, 2.05) is 5.38 Å². The van der Waals surface area contributed by atoms with Crippen molar-refractivity contribution in [3.63, 3.8) is 0 Å². The molecule has 1 aliphatic rings. The number of carboxylic acids is 2. The van der Waals surface area contributed by atoms with Gasteiger partial charge in [0.05, 0.1) is 5.69 Å². The number of carbonyl (C=O) groups is 2. The van der Waals surface area contributed by atoms with Gasteiger partial charge in [0.15, 0.2) is 16.2 Å². The summed E-state index contributed by atoms with van der Waals surface area (Å²) < 4.78 is 36.6. The first kappa shape index (κ1) is 27.1. The normalized spacial score (nSPS) is 18.2. The Morgan fingerprint density at radius 1 is 1.31 bits per heavy atom. The highest BCUT2D eigenvalue weighted by atomic mass is 32.1. The Bertz CT molecular complexity index is 830. The molecule has 1 aliphatic carbocycles. The zero-order valence-corrected chi connectivity index (χ0v) is 18.2. The van der Waals surface area contributed by atoms with Gasteiger partial charge in [-0.15, -0.1) is 11.3 Å². The lowest BCUT2D eigenvalue weighted by Gasteiger charge is -2.30. The third kappa shape index (κ3) is 12.0. The molecule has 0 bridgehead atoms. The monoisotopic (exact) mass is 496 g/mol. The lowest BCUT2D eigenvalue weighted by molar-refractivity contribution is -0.134. The summed E-state index contributed by atoms with van der Waals surface area (Å²) in [6.07, 6.45) is 0.331. The first-order valence-electron chi connectivity index (χ1n) is 9.17. The number of aliphatic carboxylic acids is 2. The van der Waals surface area contributed by atoms with Crippen LogP contribution in [0.25, 0.3) is 0 Å². The molecule has 1 fully saturated rings. The molecule has 1 heterocycles. The van der Waals surface area contributed by atoms with Gasteiger partial charge in [-0.3, -0.25) is 5.41 Å². The Hall–Kier alpha value is -2.94. The van der Waals surface area contributed by atoms with E-state index in [0.717, 1.165) is 31.4 Å². The molecule has 0 amide bonds. The van der Waals surface area contributed by atoms with Crippen molar-refractivity contribution in [1.29, 1.82) is 5.41 Å². The van der Waals surface area contributed by atoms with Gasteiger partial charge in [0.1, 0.15) is 6.54 Å². The van der Waals surface area contributed by atoms with Crippen LogP contribution in [0.15, 0.2) is 17.5 Å². The molecule has 0 saturated heterocycles. The molecule has 0 aliphatic heterocycles. The molecule has 32 heavy (non-hydrogen) atoms. The number of aromatic nitrogens is 1. The highest BCUT2D eigenvalue weighted by Crippen LogP contribution is 2.34. The van der Waals surface area contributed by atoms with E-state index < -0.39 is 24.7 Å². The standard InChI is InChI=1S/C13H19F3N6S2.C4H4O4/c14-13(15,16)6-19-11(23)20-8-3-1-2-7(4-8)9-5-24-12(21-9)22-10(17)18;5-3(6)1-2-4(7)8/h5,7-8H,1-4,6H2,(H2,19,20,23)(H4,17,18,21,22);1-2H,(H,5,6)(H,7,8)/b;2-1-. The fourth-order valence-electron chi connectivity index (χ4n) is 2.80. The highest BCUT2D eigenvalue weighted by Gasteiger charge is 2.29.